The average Bonchev–Trinajstić information content (AvgIpc) is 2.15. The Bertz CT molecular complexity index is 239. The minimum absolute atomic E-state index is 0.191. The van der Waals surface area contributed by atoms with Gasteiger partial charge in [0.2, 0.25) is 0 Å². The molecule has 4 heteroatoms. The Balaban J connectivity index is 2.45. The molecule has 0 atom stereocenters. The van der Waals surface area contributed by atoms with Gasteiger partial charge in [0.25, 0.3) is 0 Å². The topological polar surface area (TPSA) is 49.8 Å². The highest BCUT2D eigenvalue weighted by Gasteiger charge is 2.28. The van der Waals surface area contributed by atoms with E-state index in [2.05, 4.69) is 0 Å². The van der Waals surface area contributed by atoms with Crippen molar-refractivity contribution in [2.45, 2.75) is 64.2 Å². The fraction of sp³-hybridized carbons (Fsp3) is 0.917. The molecule has 16 heavy (non-hydrogen) atoms. The van der Waals surface area contributed by atoms with Crippen molar-refractivity contribution >= 4 is 6.09 Å². The standard InChI is InChI=1S/C12H23NO3/c1-12(2,3)16-11(15)13(4)9-5-7-10(14)8-6-9/h9-10,14H,5-8H2,1-4H3/t9-,10+. The van der Waals surface area contributed by atoms with Gasteiger partial charge >= 0.3 is 6.09 Å². The largest absolute Gasteiger partial charge is 0.444 e. The van der Waals surface area contributed by atoms with Crippen molar-refractivity contribution < 1.29 is 14.6 Å². The van der Waals surface area contributed by atoms with Crippen LogP contribution >= 0.6 is 0 Å². The molecule has 0 aromatic carbocycles. The third kappa shape index (κ3) is 4.00. The minimum atomic E-state index is -0.445. The van der Waals surface area contributed by atoms with Crippen LogP contribution < -0.4 is 0 Å². The fourth-order valence-corrected chi connectivity index (χ4v) is 1.93. The Morgan fingerprint density at radius 2 is 1.75 bits per heavy atom. The van der Waals surface area contributed by atoms with E-state index in [1.54, 1.807) is 11.9 Å². The molecule has 1 saturated carbocycles. The lowest BCUT2D eigenvalue weighted by atomic mass is 9.92. The summed E-state index contributed by atoms with van der Waals surface area (Å²) in [6.45, 7) is 5.59. The van der Waals surface area contributed by atoms with Crippen LogP contribution in [0.1, 0.15) is 46.5 Å². The number of nitrogens with zero attached hydrogens (tertiary/aromatic N) is 1. The minimum Gasteiger partial charge on any atom is -0.444 e. The van der Waals surface area contributed by atoms with Gasteiger partial charge in [0.05, 0.1) is 6.10 Å². The molecular formula is C12H23NO3. The average molecular weight is 229 g/mol. The molecule has 1 amide bonds. The van der Waals surface area contributed by atoms with Gasteiger partial charge < -0.3 is 14.7 Å². The molecule has 0 bridgehead atoms. The molecule has 0 heterocycles. The Morgan fingerprint density at radius 3 is 2.19 bits per heavy atom. The van der Waals surface area contributed by atoms with Crippen molar-refractivity contribution in [1.82, 2.24) is 4.90 Å². The molecule has 0 spiro atoms. The second-order valence-corrected chi connectivity index (χ2v) is 5.55. The maximum absolute atomic E-state index is 11.8. The first-order valence-electron chi connectivity index (χ1n) is 5.93. The smallest absolute Gasteiger partial charge is 0.410 e. The lowest BCUT2D eigenvalue weighted by molar-refractivity contribution is 0.0122. The van der Waals surface area contributed by atoms with Gasteiger partial charge in [0.15, 0.2) is 0 Å². The summed E-state index contributed by atoms with van der Waals surface area (Å²) in [6, 6.07) is 0.207. The summed E-state index contributed by atoms with van der Waals surface area (Å²) in [5.41, 5.74) is -0.445. The number of carbonyl (C=O) groups is 1. The van der Waals surface area contributed by atoms with Gasteiger partial charge in [-0.3, -0.25) is 0 Å². The van der Waals surface area contributed by atoms with Gasteiger partial charge in [0.1, 0.15) is 5.60 Å². The van der Waals surface area contributed by atoms with E-state index in [4.69, 9.17) is 4.74 Å². The van der Waals surface area contributed by atoms with Crippen LogP contribution in [0.15, 0.2) is 0 Å². The van der Waals surface area contributed by atoms with Crippen molar-refractivity contribution in [2.24, 2.45) is 0 Å². The van der Waals surface area contributed by atoms with Crippen LogP contribution in [0.2, 0.25) is 0 Å². The highest BCUT2D eigenvalue weighted by atomic mass is 16.6. The number of ether oxygens (including phenoxy) is 1. The fourth-order valence-electron chi connectivity index (χ4n) is 1.93. The van der Waals surface area contributed by atoms with E-state index in [0.29, 0.717) is 0 Å². The van der Waals surface area contributed by atoms with E-state index in [1.807, 2.05) is 20.8 Å². The van der Waals surface area contributed by atoms with Crippen LogP contribution in [0.3, 0.4) is 0 Å². The van der Waals surface area contributed by atoms with E-state index in [1.165, 1.54) is 0 Å². The quantitative estimate of drug-likeness (QED) is 0.749. The summed E-state index contributed by atoms with van der Waals surface area (Å²) >= 11 is 0. The van der Waals surface area contributed by atoms with Crippen LogP contribution in [0.5, 0.6) is 0 Å². The maximum atomic E-state index is 11.8. The first-order chi connectivity index (χ1) is 7.29. The third-order valence-corrected chi connectivity index (χ3v) is 2.90. The zero-order chi connectivity index (χ0) is 12.3. The third-order valence-electron chi connectivity index (χ3n) is 2.90. The van der Waals surface area contributed by atoms with Crippen molar-refractivity contribution in [2.75, 3.05) is 7.05 Å². The SMILES string of the molecule is CN(C(=O)OC(C)(C)C)[C@H]1CC[C@@H](O)CC1. The number of aliphatic hydroxyl groups is 1. The monoisotopic (exact) mass is 229 g/mol. The van der Waals surface area contributed by atoms with Crippen LogP contribution in [-0.2, 0) is 4.74 Å². The second-order valence-electron chi connectivity index (χ2n) is 5.55. The van der Waals surface area contributed by atoms with E-state index in [9.17, 15) is 9.90 Å². The van der Waals surface area contributed by atoms with Gasteiger partial charge in [-0.2, -0.15) is 0 Å². The highest BCUT2D eigenvalue weighted by molar-refractivity contribution is 5.68. The summed E-state index contributed by atoms with van der Waals surface area (Å²) in [5.74, 6) is 0. The molecule has 0 saturated heterocycles. The van der Waals surface area contributed by atoms with E-state index in [-0.39, 0.29) is 18.2 Å². The molecule has 1 rings (SSSR count). The normalized spacial score (nSPS) is 26.3. The molecule has 0 radical (unpaired) electrons. The van der Waals surface area contributed by atoms with Crippen LogP contribution in [0, 0.1) is 0 Å². The molecule has 0 aromatic heterocycles. The lowest BCUT2D eigenvalue weighted by Gasteiger charge is -2.34. The van der Waals surface area contributed by atoms with Gasteiger partial charge in [-0.15, -0.1) is 0 Å². The number of carbonyl (C=O) groups excluding carboxylic acids is 1. The molecule has 1 aliphatic rings. The summed E-state index contributed by atoms with van der Waals surface area (Å²) in [4.78, 5) is 13.4. The van der Waals surface area contributed by atoms with Crippen LogP contribution in [-0.4, -0.2) is 40.9 Å². The van der Waals surface area contributed by atoms with Crippen molar-refractivity contribution in [3.8, 4) is 0 Å². The number of hydrogen-bond acceptors (Lipinski definition) is 3. The first kappa shape index (κ1) is 13.3. The molecule has 4 nitrogen and oxygen atoms in total. The maximum Gasteiger partial charge on any atom is 0.410 e. The second kappa shape index (κ2) is 5.04. The lowest BCUT2D eigenvalue weighted by Crippen LogP contribution is -2.42. The predicted octanol–water partition coefficient (Wildman–Crippen LogP) is 2.16. The van der Waals surface area contributed by atoms with E-state index < -0.39 is 5.60 Å². The molecule has 0 aromatic rings. The predicted molar refractivity (Wildman–Crippen MR) is 62.3 cm³/mol. The number of amides is 1. The van der Waals surface area contributed by atoms with Gasteiger partial charge in [0, 0.05) is 13.1 Å². The molecule has 1 N–H and O–H groups in total. The Hall–Kier alpha value is -0.770. The first-order valence-corrected chi connectivity index (χ1v) is 5.93. The molecule has 0 unspecified atom stereocenters. The van der Waals surface area contributed by atoms with Crippen molar-refractivity contribution in [3.63, 3.8) is 0 Å². The van der Waals surface area contributed by atoms with Crippen molar-refractivity contribution in [1.29, 1.82) is 0 Å². The highest BCUT2D eigenvalue weighted by Crippen LogP contribution is 2.23. The summed E-state index contributed by atoms with van der Waals surface area (Å²) in [7, 11) is 1.77. The van der Waals surface area contributed by atoms with E-state index >= 15 is 0 Å². The molecule has 1 fully saturated rings. The van der Waals surface area contributed by atoms with Crippen LogP contribution in [0.25, 0.3) is 0 Å². The molecular weight excluding hydrogens is 206 g/mol. The Kier molecular flexibility index (Phi) is 4.19. The van der Waals surface area contributed by atoms with Crippen molar-refractivity contribution in [3.05, 3.63) is 0 Å². The zero-order valence-corrected chi connectivity index (χ0v) is 10.7. The molecule has 0 aliphatic heterocycles. The van der Waals surface area contributed by atoms with Gasteiger partial charge in [-0.25, -0.2) is 4.79 Å². The summed E-state index contributed by atoms with van der Waals surface area (Å²) < 4.78 is 5.30. The van der Waals surface area contributed by atoms with Crippen LogP contribution in [0.4, 0.5) is 4.79 Å². The zero-order valence-electron chi connectivity index (χ0n) is 10.7. The molecule has 1 aliphatic carbocycles. The number of aliphatic hydroxyl groups excluding tert-OH is 1. The Morgan fingerprint density at radius 1 is 1.25 bits per heavy atom. The number of rotatable bonds is 1. The number of hydrogen-bond donors (Lipinski definition) is 1. The molecule has 94 valence electrons. The van der Waals surface area contributed by atoms with Gasteiger partial charge in [-0.05, 0) is 46.5 Å². The Labute approximate surface area is 97.6 Å². The van der Waals surface area contributed by atoms with E-state index in [0.717, 1.165) is 25.7 Å². The summed E-state index contributed by atoms with van der Waals surface area (Å²) in [5, 5.41) is 9.40. The summed E-state index contributed by atoms with van der Waals surface area (Å²) in [6.07, 6.45) is 2.81. The van der Waals surface area contributed by atoms with Gasteiger partial charge in [-0.1, -0.05) is 0 Å².